The van der Waals surface area contributed by atoms with E-state index >= 15 is 0 Å². The molecule has 5 heteroatoms. The molecular weight excluding hydrogens is 267 g/mol. The zero-order chi connectivity index (χ0) is 10.1. The van der Waals surface area contributed by atoms with Crippen LogP contribution in [0.5, 0.6) is 0 Å². The van der Waals surface area contributed by atoms with Crippen LogP contribution in [0.4, 0.5) is 0 Å². The first kappa shape index (κ1) is 9.80. The van der Waals surface area contributed by atoms with E-state index in [1.165, 1.54) is 0 Å². The van der Waals surface area contributed by atoms with Crippen LogP contribution in [0.3, 0.4) is 0 Å². The predicted molar refractivity (Wildman–Crippen MR) is 58.3 cm³/mol. The molecule has 0 N–H and O–H groups in total. The Morgan fingerprint density at radius 3 is 2.93 bits per heavy atom. The molecule has 2 heterocycles. The Balaban J connectivity index is 2.51. The summed E-state index contributed by atoms with van der Waals surface area (Å²) in [4.78, 5) is 4.03. The van der Waals surface area contributed by atoms with E-state index in [4.69, 9.17) is 16.0 Å². The van der Waals surface area contributed by atoms with Crippen LogP contribution in [0.2, 0.25) is 5.28 Å². The quantitative estimate of drug-likeness (QED) is 0.839. The molecule has 2 rings (SSSR count). The maximum atomic E-state index is 5.90. The van der Waals surface area contributed by atoms with Gasteiger partial charge in [-0.15, -0.1) is 0 Å². The minimum Gasteiger partial charge on any atom is -0.448 e. The fourth-order valence-electron chi connectivity index (χ4n) is 1.30. The van der Waals surface area contributed by atoms with E-state index in [1.54, 1.807) is 6.20 Å². The standard InChI is InChI=1S/C9H8BrClN2O/c1-2-13-6(5-12-9(13)11)7-3-4-8(10)14-7/h3-5H,2H2,1H3. The molecule has 0 aliphatic heterocycles. The molecule has 0 aromatic carbocycles. The fourth-order valence-corrected chi connectivity index (χ4v) is 1.87. The molecule has 0 saturated heterocycles. The van der Waals surface area contributed by atoms with Gasteiger partial charge in [-0.25, -0.2) is 4.98 Å². The molecular formula is C9H8BrClN2O. The average Bonchev–Trinajstić information content (AvgIpc) is 2.71. The van der Waals surface area contributed by atoms with Crippen LogP contribution in [-0.4, -0.2) is 9.55 Å². The van der Waals surface area contributed by atoms with Gasteiger partial charge in [-0.3, -0.25) is 0 Å². The third-order valence-corrected chi connectivity index (χ3v) is 2.68. The Kier molecular flexibility index (Phi) is 2.65. The van der Waals surface area contributed by atoms with Crippen molar-refractivity contribution >= 4 is 27.5 Å². The highest BCUT2D eigenvalue weighted by Crippen LogP contribution is 2.26. The summed E-state index contributed by atoms with van der Waals surface area (Å²) < 4.78 is 8.01. The SMILES string of the molecule is CCn1c(-c2ccc(Br)o2)cnc1Cl. The molecule has 2 aromatic rings. The van der Waals surface area contributed by atoms with E-state index in [0.29, 0.717) is 9.95 Å². The Labute approximate surface area is 94.8 Å². The molecule has 0 aliphatic rings. The minimum absolute atomic E-state index is 0.482. The summed E-state index contributed by atoms with van der Waals surface area (Å²) in [5, 5.41) is 0.482. The number of furan rings is 1. The van der Waals surface area contributed by atoms with Crippen LogP contribution in [0.25, 0.3) is 11.5 Å². The van der Waals surface area contributed by atoms with Crippen molar-refractivity contribution in [3.8, 4) is 11.5 Å². The number of imidazole rings is 1. The van der Waals surface area contributed by atoms with Crippen LogP contribution >= 0.6 is 27.5 Å². The largest absolute Gasteiger partial charge is 0.448 e. The first-order valence-corrected chi connectivity index (χ1v) is 5.36. The summed E-state index contributed by atoms with van der Waals surface area (Å²) in [6, 6.07) is 3.72. The molecule has 0 spiro atoms. The van der Waals surface area contributed by atoms with Crippen LogP contribution in [0, 0.1) is 0 Å². The maximum Gasteiger partial charge on any atom is 0.203 e. The van der Waals surface area contributed by atoms with Gasteiger partial charge in [0.1, 0.15) is 5.69 Å². The van der Waals surface area contributed by atoms with E-state index in [9.17, 15) is 0 Å². The molecule has 0 atom stereocenters. The summed E-state index contributed by atoms with van der Waals surface area (Å²) in [6.07, 6.45) is 1.71. The Hall–Kier alpha value is -0.740. The topological polar surface area (TPSA) is 31.0 Å². The van der Waals surface area contributed by atoms with Crippen molar-refractivity contribution in [3.63, 3.8) is 0 Å². The third-order valence-electron chi connectivity index (χ3n) is 1.95. The zero-order valence-electron chi connectivity index (χ0n) is 7.50. The van der Waals surface area contributed by atoms with Gasteiger partial charge in [0.05, 0.1) is 6.20 Å². The second-order valence-corrected chi connectivity index (χ2v) is 3.88. The molecule has 2 aromatic heterocycles. The van der Waals surface area contributed by atoms with Crippen LogP contribution in [-0.2, 0) is 6.54 Å². The van der Waals surface area contributed by atoms with Crippen LogP contribution in [0.15, 0.2) is 27.4 Å². The van der Waals surface area contributed by atoms with Gasteiger partial charge in [-0.2, -0.15) is 0 Å². The molecule has 0 fully saturated rings. The Morgan fingerprint density at radius 2 is 2.36 bits per heavy atom. The van der Waals surface area contributed by atoms with E-state index in [1.807, 2.05) is 23.6 Å². The summed E-state index contributed by atoms with van der Waals surface area (Å²) in [6.45, 7) is 2.78. The molecule has 3 nitrogen and oxygen atoms in total. The number of aromatic nitrogens is 2. The Morgan fingerprint density at radius 1 is 1.57 bits per heavy atom. The molecule has 0 bridgehead atoms. The van der Waals surface area contributed by atoms with E-state index < -0.39 is 0 Å². The smallest absolute Gasteiger partial charge is 0.203 e. The lowest BCUT2D eigenvalue weighted by molar-refractivity contribution is 0.548. The second kappa shape index (κ2) is 3.79. The molecule has 14 heavy (non-hydrogen) atoms. The fraction of sp³-hybridized carbons (Fsp3) is 0.222. The van der Waals surface area contributed by atoms with E-state index in [2.05, 4.69) is 20.9 Å². The van der Waals surface area contributed by atoms with Crippen molar-refractivity contribution in [2.75, 3.05) is 0 Å². The van der Waals surface area contributed by atoms with Gasteiger partial charge in [0.2, 0.25) is 5.28 Å². The second-order valence-electron chi connectivity index (χ2n) is 2.76. The van der Waals surface area contributed by atoms with Gasteiger partial charge in [0.25, 0.3) is 0 Å². The van der Waals surface area contributed by atoms with Crippen molar-refractivity contribution in [1.29, 1.82) is 0 Å². The monoisotopic (exact) mass is 274 g/mol. The first-order valence-electron chi connectivity index (χ1n) is 4.19. The zero-order valence-corrected chi connectivity index (χ0v) is 9.84. The highest BCUT2D eigenvalue weighted by molar-refractivity contribution is 9.10. The van der Waals surface area contributed by atoms with Gasteiger partial charge in [-0.05, 0) is 46.6 Å². The van der Waals surface area contributed by atoms with Gasteiger partial charge in [0, 0.05) is 6.54 Å². The van der Waals surface area contributed by atoms with E-state index in [0.717, 1.165) is 18.0 Å². The maximum absolute atomic E-state index is 5.90. The summed E-state index contributed by atoms with van der Waals surface area (Å²) in [7, 11) is 0. The highest BCUT2D eigenvalue weighted by Gasteiger charge is 2.11. The van der Waals surface area contributed by atoms with Crippen LogP contribution < -0.4 is 0 Å². The van der Waals surface area contributed by atoms with Gasteiger partial charge >= 0.3 is 0 Å². The number of hydrogen-bond donors (Lipinski definition) is 0. The number of halogens is 2. The van der Waals surface area contributed by atoms with Crippen molar-refractivity contribution < 1.29 is 4.42 Å². The van der Waals surface area contributed by atoms with Gasteiger partial charge in [0.15, 0.2) is 10.4 Å². The third kappa shape index (κ3) is 1.60. The molecule has 0 saturated carbocycles. The van der Waals surface area contributed by atoms with Gasteiger partial charge < -0.3 is 8.98 Å². The van der Waals surface area contributed by atoms with Crippen molar-refractivity contribution in [2.24, 2.45) is 0 Å². The molecule has 0 aliphatic carbocycles. The number of nitrogens with zero attached hydrogens (tertiary/aromatic N) is 2. The van der Waals surface area contributed by atoms with Crippen molar-refractivity contribution in [3.05, 3.63) is 28.3 Å². The summed E-state index contributed by atoms with van der Waals surface area (Å²) >= 11 is 9.15. The lowest BCUT2D eigenvalue weighted by Gasteiger charge is -2.02. The molecule has 0 radical (unpaired) electrons. The van der Waals surface area contributed by atoms with Crippen molar-refractivity contribution in [1.82, 2.24) is 9.55 Å². The minimum atomic E-state index is 0.482. The highest BCUT2D eigenvalue weighted by atomic mass is 79.9. The summed E-state index contributed by atoms with van der Waals surface area (Å²) in [5.41, 5.74) is 0.892. The normalized spacial score (nSPS) is 10.8. The predicted octanol–water partition coefficient (Wildman–Crippen LogP) is 3.58. The van der Waals surface area contributed by atoms with Crippen LogP contribution in [0.1, 0.15) is 6.92 Å². The number of hydrogen-bond acceptors (Lipinski definition) is 2. The number of rotatable bonds is 2. The molecule has 74 valence electrons. The lowest BCUT2D eigenvalue weighted by atomic mass is 10.3. The van der Waals surface area contributed by atoms with Gasteiger partial charge in [-0.1, -0.05) is 0 Å². The van der Waals surface area contributed by atoms with Crippen molar-refractivity contribution in [2.45, 2.75) is 13.5 Å². The van der Waals surface area contributed by atoms with E-state index in [-0.39, 0.29) is 0 Å². The first-order chi connectivity index (χ1) is 6.72. The summed E-state index contributed by atoms with van der Waals surface area (Å²) in [5.74, 6) is 0.762. The molecule has 0 unspecified atom stereocenters. The average molecular weight is 276 g/mol. The Bertz CT molecular complexity index is 449. The molecule has 0 amide bonds. The lowest BCUT2D eigenvalue weighted by Crippen LogP contribution is -1.95.